The van der Waals surface area contributed by atoms with Crippen LogP contribution in [0, 0.1) is 0 Å². The molecule has 0 N–H and O–H groups in total. The summed E-state index contributed by atoms with van der Waals surface area (Å²) in [6.45, 7) is 0.420. The minimum absolute atomic E-state index is 0.243. The summed E-state index contributed by atoms with van der Waals surface area (Å²) >= 11 is 3.44. The van der Waals surface area contributed by atoms with Gasteiger partial charge in [-0.3, -0.25) is 0 Å². The lowest BCUT2D eigenvalue weighted by Crippen LogP contribution is -2.05. The third-order valence-corrected chi connectivity index (χ3v) is 5.66. The normalized spacial score (nSPS) is 14.5. The first kappa shape index (κ1) is 20.2. The van der Waals surface area contributed by atoms with Crippen molar-refractivity contribution in [3.8, 4) is 5.75 Å². The molecule has 0 saturated heterocycles. The summed E-state index contributed by atoms with van der Waals surface area (Å²) < 4.78 is 12.5. The van der Waals surface area contributed by atoms with Gasteiger partial charge in [0.2, 0.25) is 5.90 Å². The highest BCUT2D eigenvalue weighted by Gasteiger charge is 2.24. The van der Waals surface area contributed by atoms with Crippen LogP contribution in [0.3, 0.4) is 0 Å². The van der Waals surface area contributed by atoms with Crippen molar-refractivity contribution in [3.63, 3.8) is 0 Å². The van der Waals surface area contributed by atoms with Crippen molar-refractivity contribution < 1.29 is 14.3 Å². The molecule has 0 fully saturated rings. The molecule has 4 nitrogen and oxygen atoms in total. The van der Waals surface area contributed by atoms with E-state index >= 15 is 0 Å². The van der Waals surface area contributed by atoms with Crippen LogP contribution >= 0.6 is 15.9 Å². The first-order valence-electron chi connectivity index (χ1n) is 10.1. The average molecular weight is 484 g/mol. The van der Waals surface area contributed by atoms with Gasteiger partial charge in [-0.1, -0.05) is 76.6 Å². The Balaban J connectivity index is 1.41. The summed E-state index contributed by atoms with van der Waals surface area (Å²) in [4.78, 5) is 17.0. The number of carbonyl (C=O) groups excluding carboxylic acids is 1. The van der Waals surface area contributed by atoms with Crippen LogP contribution in [0.5, 0.6) is 5.75 Å². The smallest absolute Gasteiger partial charge is 0.363 e. The molecular weight excluding hydrogens is 466 g/mol. The first-order valence-corrected chi connectivity index (χ1v) is 10.9. The zero-order chi connectivity index (χ0) is 21.9. The fraction of sp³-hybridized carbons (Fsp3) is 0.0370. The van der Waals surface area contributed by atoms with E-state index in [1.807, 2.05) is 91.0 Å². The molecule has 0 radical (unpaired) electrons. The number of ether oxygens (including phenoxy) is 2. The molecular formula is C27H18BrNO3. The van der Waals surface area contributed by atoms with Gasteiger partial charge in [0.15, 0.2) is 5.70 Å². The molecule has 1 heterocycles. The molecule has 0 aliphatic carbocycles. The Morgan fingerprint density at radius 2 is 1.62 bits per heavy atom. The number of benzene rings is 4. The number of hydrogen-bond acceptors (Lipinski definition) is 4. The Kier molecular flexibility index (Phi) is 5.57. The first-order chi connectivity index (χ1) is 15.7. The molecule has 0 bridgehead atoms. The van der Waals surface area contributed by atoms with Crippen LogP contribution in [0.2, 0.25) is 0 Å². The monoisotopic (exact) mass is 483 g/mol. The van der Waals surface area contributed by atoms with Crippen LogP contribution in [0.4, 0.5) is 0 Å². The van der Waals surface area contributed by atoms with Gasteiger partial charge in [-0.2, -0.15) is 0 Å². The fourth-order valence-electron chi connectivity index (χ4n) is 3.48. The lowest BCUT2D eigenvalue weighted by molar-refractivity contribution is -0.129. The SMILES string of the molecule is O=C1OC(c2ccc3ccccc3c2)=N/C1=C\c1ccccc1OCc1ccc(Br)cc1. The number of cyclic esters (lactones) is 1. The number of nitrogens with zero attached hydrogens (tertiary/aromatic N) is 1. The van der Waals surface area contributed by atoms with E-state index in [4.69, 9.17) is 9.47 Å². The van der Waals surface area contributed by atoms with Crippen molar-refractivity contribution in [1.29, 1.82) is 0 Å². The zero-order valence-corrected chi connectivity index (χ0v) is 18.6. The molecule has 4 aromatic rings. The van der Waals surface area contributed by atoms with E-state index in [0.29, 0.717) is 18.3 Å². The minimum Gasteiger partial charge on any atom is -0.488 e. The summed E-state index contributed by atoms with van der Waals surface area (Å²) in [5.41, 5.74) is 2.82. The molecule has 0 unspecified atom stereocenters. The Morgan fingerprint density at radius 3 is 2.47 bits per heavy atom. The molecule has 1 aliphatic heterocycles. The summed E-state index contributed by atoms with van der Waals surface area (Å²) in [7, 11) is 0. The van der Waals surface area contributed by atoms with E-state index in [9.17, 15) is 4.79 Å². The lowest BCUT2D eigenvalue weighted by atomic mass is 10.1. The number of hydrogen-bond donors (Lipinski definition) is 0. The van der Waals surface area contributed by atoms with E-state index < -0.39 is 5.97 Å². The predicted octanol–water partition coefficient (Wildman–Crippen LogP) is 6.53. The number of carbonyl (C=O) groups is 1. The fourth-order valence-corrected chi connectivity index (χ4v) is 3.74. The Bertz CT molecular complexity index is 1370. The molecule has 0 aromatic heterocycles. The van der Waals surface area contributed by atoms with E-state index in [0.717, 1.165) is 31.9 Å². The summed E-state index contributed by atoms with van der Waals surface area (Å²) in [5.74, 6) is 0.501. The van der Waals surface area contributed by atoms with Gasteiger partial charge in [-0.25, -0.2) is 9.79 Å². The number of fused-ring (bicyclic) bond motifs is 1. The number of rotatable bonds is 5. The Hall–Kier alpha value is -3.70. The van der Waals surface area contributed by atoms with Crippen LogP contribution in [-0.2, 0) is 16.1 Å². The predicted molar refractivity (Wildman–Crippen MR) is 129 cm³/mol. The van der Waals surface area contributed by atoms with Gasteiger partial charge < -0.3 is 9.47 Å². The second-order valence-electron chi connectivity index (χ2n) is 7.35. The van der Waals surface area contributed by atoms with Gasteiger partial charge in [0, 0.05) is 15.6 Å². The van der Waals surface area contributed by atoms with Gasteiger partial charge in [0.25, 0.3) is 0 Å². The van der Waals surface area contributed by atoms with Gasteiger partial charge >= 0.3 is 5.97 Å². The maximum Gasteiger partial charge on any atom is 0.363 e. The largest absolute Gasteiger partial charge is 0.488 e. The van der Waals surface area contributed by atoms with Crippen LogP contribution in [-0.4, -0.2) is 11.9 Å². The van der Waals surface area contributed by atoms with Gasteiger partial charge in [0.05, 0.1) is 0 Å². The minimum atomic E-state index is -0.476. The summed E-state index contributed by atoms with van der Waals surface area (Å²) in [6, 6.07) is 29.4. The molecule has 0 saturated carbocycles. The van der Waals surface area contributed by atoms with E-state index in [1.165, 1.54) is 0 Å². The number of halogens is 1. The van der Waals surface area contributed by atoms with E-state index in [2.05, 4.69) is 20.9 Å². The van der Waals surface area contributed by atoms with Crippen molar-refractivity contribution in [2.45, 2.75) is 6.61 Å². The summed E-state index contributed by atoms with van der Waals surface area (Å²) in [5, 5.41) is 2.18. The van der Waals surface area contributed by atoms with Crippen molar-refractivity contribution in [2.24, 2.45) is 4.99 Å². The topological polar surface area (TPSA) is 47.9 Å². The van der Waals surface area contributed by atoms with Crippen molar-refractivity contribution in [1.82, 2.24) is 0 Å². The molecule has 4 aromatic carbocycles. The molecule has 0 spiro atoms. The number of para-hydroxylation sites is 1. The summed E-state index contributed by atoms with van der Waals surface area (Å²) in [6.07, 6.45) is 1.70. The highest BCUT2D eigenvalue weighted by Crippen LogP contribution is 2.26. The molecule has 0 amide bonds. The molecule has 0 atom stereocenters. The highest BCUT2D eigenvalue weighted by molar-refractivity contribution is 9.10. The molecule has 5 rings (SSSR count). The van der Waals surface area contributed by atoms with Crippen molar-refractivity contribution in [3.05, 3.63) is 118 Å². The third-order valence-electron chi connectivity index (χ3n) is 5.14. The molecule has 156 valence electrons. The van der Waals surface area contributed by atoms with Gasteiger partial charge in [-0.05, 0) is 52.7 Å². The zero-order valence-electron chi connectivity index (χ0n) is 17.0. The maximum absolute atomic E-state index is 12.5. The maximum atomic E-state index is 12.5. The third kappa shape index (κ3) is 4.34. The van der Waals surface area contributed by atoms with Crippen LogP contribution in [0.1, 0.15) is 16.7 Å². The van der Waals surface area contributed by atoms with Crippen molar-refractivity contribution in [2.75, 3.05) is 0 Å². The van der Waals surface area contributed by atoms with Crippen LogP contribution in [0.15, 0.2) is 106 Å². The quantitative estimate of drug-likeness (QED) is 0.239. The van der Waals surface area contributed by atoms with Crippen molar-refractivity contribution >= 4 is 44.6 Å². The highest BCUT2D eigenvalue weighted by atomic mass is 79.9. The van der Waals surface area contributed by atoms with Gasteiger partial charge in [0.1, 0.15) is 12.4 Å². The number of esters is 1. The van der Waals surface area contributed by atoms with Crippen LogP contribution < -0.4 is 4.74 Å². The Labute approximate surface area is 194 Å². The standard InChI is InChI=1S/C27H18BrNO3/c28-23-13-9-18(10-14-23)17-31-25-8-4-3-7-21(25)16-24-27(30)32-26(29-24)22-12-11-19-5-1-2-6-20(19)15-22/h1-16H,17H2/b24-16-. The molecule has 1 aliphatic rings. The second kappa shape index (κ2) is 8.81. The lowest BCUT2D eigenvalue weighted by Gasteiger charge is -2.09. The second-order valence-corrected chi connectivity index (χ2v) is 8.27. The molecule has 5 heteroatoms. The number of aliphatic imine (C=N–C) groups is 1. The Morgan fingerprint density at radius 1 is 0.875 bits per heavy atom. The van der Waals surface area contributed by atoms with Crippen LogP contribution in [0.25, 0.3) is 16.8 Å². The average Bonchev–Trinajstić information content (AvgIpc) is 3.19. The van der Waals surface area contributed by atoms with Gasteiger partial charge in [-0.15, -0.1) is 0 Å². The van der Waals surface area contributed by atoms with E-state index in [1.54, 1.807) is 6.08 Å². The van der Waals surface area contributed by atoms with E-state index in [-0.39, 0.29) is 5.70 Å². The molecule has 32 heavy (non-hydrogen) atoms.